The second-order valence-electron chi connectivity index (χ2n) is 6.87. The number of likely N-dealkylation sites (tertiary alicyclic amines) is 1. The van der Waals surface area contributed by atoms with Gasteiger partial charge < -0.3 is 10.2 Å². The molecule has 1 aliphatic heterocycles. The van der Waals surface area contributed by atoms with E-state index in [1.807, 2.05) is 0 Å². The van der Waals surface area contributed by atoms with Gasteiger partial charge in [0.15, 0.2) is 0 Å². The van der Waals surface area contributed by atoms with Crippen molar-refractivity contribution < 1.29 is 0 Å². The molecule has 0 aliphatic carbocycles. The number of benzene rings is 1. The summed E-state index contributed by atoms with van der Waals surface area (Å²) in [5.74, 6) is 0.873. The minimum absolute atomic E-state index is 0.492. The summed E-state index contributed by atoms with van der Waals surface area (Å²) in [5.41, 5.74) is 4.21. The molecule has 0 bridgehead atoms. The highest BCUT2D eigenvalue weighted by Gasteiger charge is 2.18. The van der Waals surface area contributed by atoms with Crippen molar-refractivity contribution in [1.82, 2.24) is 10.2 Å². The summed E-state index contributed by atoms with van der Waals surface area (Å²) < 4.78 is 0. The van der Waals surface area contributed by atoms with E-state index in [-0.39, 0.29) is 0 Å². The third-order valence-corrected chi connectivity index (χ3v) is 4.57. The molecular formula is C19H32N2. The van der Waals surface area contributed by atoms with E-state index < -0.39 is 0 Å². The smallest absolute Gasteiger partial charge is 0.0332 e. The number of hydrogen-bond donors (Lipinski definition) is 1. The number of nitrogens with one attached hydrogen (secondary N) is 1. The second-order valence-corrected chi connectivity index (χ2v) is 6.87. The molecule has 21 heavy (non-hydrogen) atoms. The van der Waals surface area contributed by atoms with Crippen LogP contribution >= 0.6 is 0 Å². The molecule has 1 aromatic rings. The highest BCUT2D eigenvalue weighted by Crippen LogP contribution is 2.22. The van der Waals surface area contributed by atoms with Crippen molar-refractivity contribution in [2.45, 2.75) is 53.0 Å². The molecule has 118 valence electrons. The Morgan fingerprint density at radius 3 is 2.57 bits per heavy atom. The first-order valence-electron chi connectivity index (χ1n) is 8.62. The summed E-state index contributed by atoms with van der Waals surface area (Å²) in [6.07, 6.45) is 3.99. The first kappa shape index (κ1) is 16.5. The lowest BCUT2D eigenvalue weighted by molar-refractivity contribution is 0.176. The van der Waals surface area contributed by atoms with Gasteiger partial charge in [-0.15, -0.1) is 0 Å². The number of hydrogen-bond acceptors (Lipinski definition) is 2. The zero-order valence-electron chi connectivity index (χ0n) is 14.3. The molecular weight excluding hydrogens is 256 g/mol. The van der Waals surface area contributed by atoms with Gasteiger partial charge in [-0.25, -0.2) is 0 Å². The van der Waals surface area contributed by atoms with Crippen molar-refractivity contribution in [2.75, 3.05) is 26.2 Å². The lowest BCUT2D eigenvalue weighted by atomic mass is 9.97. The van der Waals surface area contributed by atoms with E-state index in [0.717, 1.165) is 12.5 Å². The van der Waals surface area contributed by atoms with Crippen LogP contribution in [0.2, 0.25) is 0 Å². The van der Waals surface area contributed by atoms with Crippen LogP contribution < -0.4 is 5.32 Å². The normalized spacial score (nSPS) is 21.4. The van der Waals surface area contributed by atoms with Crippen molar-refractivity contribution in [2.24, 2.45) is 5.92 Å². The van der Waals surface area contributed by atoms with Crippen LogP contribution in [0.5, 0.6) is 0 Å². The van der Waals surface area contributed by atoms with Gasteiger partial charge in [0.1, 0.15) is 0 Å². The molecule has 1 N–H and O–H groups in total. The summed E-state index contributed by atoms with van der Waals surface area (Å²) >= 11 is 0. The molecule has 1 heterocycles. The Kier molecular flexibility index (Phi) is 6.25. The summed E-state index contributed by atoms with van der Waals surface area (Å²) in [7, 11) is 0. The molecule has 1 aromatic carbocycles. The van der Waals surface area contributed by atoms with Crippen LogP contribution in [-0.4, -0.2) is 31.1 Å². The van der Waals surface area contributed by atoms with Crippen molar-refractivity contribution in [3.8, 4) is 0 Å². The summed E-state index contributed by atoms with van der Waals surface area (Å²) in [4.78, 5) is 2.65. The minimum Gasteiger partial charge on any atom is -0.310 e. The van der Waals surface area contributed by atoms with E-state index in [1.165, 1.54) is 55.6 Å². The quantitative estimate of drug-likeness (QED) is 0.848. The lowest BCUT2D eigenvalue weighted by Gasteiger charge is -2.32. The Morgan fingerprint density at radius 1 is 1.24 bits per heavy atom. The van der Waals surface area contributed by atoms with Gasteiger partial charge in [-0.05, 0) is 64.2 Å². The highest BCUT2D eigenvalue weighted by atomic mass is 15.1. The van der Waals surface area contributed by atoms with Gasteiger partial charge in [-0.2, -0.15) is 0 Å². The average molecular weight is 288 g/mol. The van der Waals surface area contributed by atoms with Gasteiger partial charge in [-0.1, -0.05) is 43.2 Å². The molecule has 0 radical (unpaired) electrons. The van der Waals surface area contributed by atoms with Gasteiger partial charge >= 0.3 is 0 Å². The molecule has 0 amide bonds. The molecule has 0 spiro atoms. The van der Waals surface area contributed by atoms with Crippen LogP contribution in [-0.2, 0) is 0 Å². The minimum atomic E-state index is 0.492. The standard InChI is InChI=1S/C19H32N2/c1-5-20-19(18-12-16(3)11-17(4)13-18)8-10-21-9-6-7-15(2)14-21/h11-13,15,19-20H,5-10,14H2,1-4H3. The maximum absolute atomic E-state index is 3.68. The molecule has 2 atom stereocenters. The fourth-order valence-electron chi connectivity index (χ4n) is 3.65. The maximum atomic E-state index is 3.68. The molecule has 1 aliphatic rings. The number of piperidine rings is 1. The van der Waals surface area contributed by atoms with Crippen LogP contribution in [0.15, 0.2) is 18.2 Å². The van der Waals surface area contributed by atoms with Gasteiger partial charge in [0, 0.05) is 12.6 Å². The van der Waals surface area contributed by atoms with E-state index >= 15 is 0 Å². The molecule has 2 heteroatoms. The monoisotopic (exact) mass is 288 g/mol. The van der Waals surface area contributed by atoms with Gasteiger partial charge in [0.25, 0.3) is 0 Å². The molecule has 2 nitrogen and oxygen atoms in total. The van der Waals surface area contributed by atoms with Crippen LogP contribution in [0, 0.1) is 19.8 Å². The number of aryl methyl sites for hydroxylation is 2. The van der Waals surface area contributed by atoms with Gasteiger partial charge in [0.05, 0.1) is 0 Å². The zero-order chi connectivity index (χ0) is 15.2. The van der Waals surface area contributed by atoms with E-state index in [1.54, 1.807) is 0 Å². The Hall–Kier alpha value is -0.860. The Labute approximate surface area is 130 Å². The first-order valence-corrected chi connectivity index (χ1v) is 8.62. The lowest BCUT2D eigenvalue weighted by Crippen LogP contribution is -2.36. The maximum Gasteiger partial charge on any atom is 0.0332 e. The Morgan fingerprint density at radius 2 is 1.95 bits per heavy atom. The summed E-state index contributed by atoms with van der Waals surface area (Å²) in [6.45, 7) is 13.8. The third-order valence-electron chi connectivity index (χ3n) is 4.57. The molecule has 2 rings (SSSR count). The average Bonchev–Trinajstić information content (AvgIpc) is 2.42. The molecule has 1 fully saturated rings. The highest BCUT2D eigenvalue weighted by molar-refractivity contribution is 5.30. The predicted octanol–water partition coefficient (Wildman–Crippen LogP) is 4.08. The largest absolute Gasteiger partial charge is 0.310 e. The van der Waals surface area contributed by atoms with Crippen LogP contribution in [0.4, 0.5) is 0 Å². The number of nitrogens with zero attached hydrogens (tertiary/aromatic N) is 1. The number of rotatable bonds is 6. The zero-order valence-corrected chi connectivity index (χ0v) is 14.3. The van der Waals surface area contributed by atoms with E-state index in [2.05, 4.69) is 56.1 Å². The first-order chi connectivity index (χ1) is 10.1. The van der Waals surface area contributed by atoms with Crippen molar-refractivity contribution in [3.63, 3.8) is 0 Å². The predicted molar refractivity (Wildman–Crippen MR) is 91.8 cm³/mol. The van der Waals surface area contributed by atoms with Crippen molar-refractivity contribution in [3.05, 3.63) is 34.9 Å². The molecule has 1 saturated heterocycles. The van der Waals surface area contributed by atoms with Crippen LogP contribution in [0.3, 0.4) is 0 Å². The fraction of sp³-hybridized carbons (Fsp3) is 0.684. The third kappa shape index (κ3) is 5.12. The fourth-order valence-corrected chi connectivity index (χ4v) is 3.65. The molecule has 2 unspecified atom stereocenters. The van der Waals surface area contributed by atoms with Crippen molar-refractivity contribution >= 4 is 0 Å². The molecule has 0 aromatic heterocycles. The van der Waals surface area contributed by atoms with E-state index in [9.17, 15) is 0 Å². The molecule has 0 saturated carbocycles. The second kappa shape index (κ2) is 7.95. The van der Waals surface area contributed by atoms with Crippen LogP contribution in [0.1, 0.15) is 55.8 Å². The SMILES string of the molecule is CCNC(CCN1CCCC(C)C1)c1cc(C)cc(C)c1. The Balaban J connectivity index is 1.98. The van der Waals surface area contributed by atoms with E-state index in [0.29, 0.717) is 6.04 Å². The van der Waals surface area contributed by atoms with E-state index in [4.69, 9.17) is 0 Å². The summed E-state index contributed by atoms with van der Waals surface area (Å²) in [5, 5.41) is 3.68. The van der Waals surface area contributed by atoms with Crippen LogP contribution in [0.25, 0.3) is 0 Å². The summed E-state index contributed by atoms with van der Waals surface area (Å²) in [6, 6.07) is 7.45. The van der Waals surface area contributed by atoms with Gasteiger partial charge in [0.2, 0.25) is 0 Å². The topological polar surface area (TPSA) is 15.3 Å². The van der Waals surface area contributed by atoms with Gasteiger partial charge in [-0.3, -0.25) is 0 Å². The van der Waals surface area contributed by atoms with Crippen molar-refractivity contribution in [1.29, 1.82) is 0 Å². The Bertz CT molecular complexity index is 421.